The van der Waals surface area contributed by atoms with E-state index in [0.29, 0.717) is 0 Å². The van der Waals surface area contributed by atoms with E-state index in [2.05, 4.69) is 0 Å². The molecule has 0 aromatic rings. The van der Waals surface area contributed by atoms with Crippen molar-refractivity contribution in [2.24, 2.45) is 0 Å². The third kappa shape index (κ3) is 1160. The predicted octanol–water partition coefficient (Wildman–Crippen LogP) is -9.62. The fraction of sp³-hybridized carbons (Fsp3) is 0. The van der Waals surface area contributed by atoms with Crippen LogP contribution in [0.5, 0.6) is 0 Å². The van der Waals surface area contributed by atoms with Gasteiger partial charge in [0.05, 0.1) is 0 Å². The molecular weight excluding hydrogens is 195 g/mol. The van der Waals surface area contributed by atoms with E-state index in [1.54, 1.807) is 0 Å². The van der Waals surface area contributed by atoms with E-state index in [4.69, 9.17) is 19.2 Å². The molecule has 0 saturated carbocycles. The molecule has 0 radical (unpaired) electrons. The first kappa shape index (κ1) is 59.2. The van der Waals surface area contributed by atoms with Crippen LogP contribution in [0.4, 0.5) is 0 Å². The van der Waals surface area contributed by atoms with Gasteiger partial charge in [0.15, 0.2) is 0 Å². The molecule has 0 heterocycles. The van der Waals surface area contributed by atoms with E-state index in [-0.39, 0.29) is 58.4 Å². The maximum atomic E-state index is 7.33. The van der Waals surface area contributed by atoms with Gasteiger partial charge < -0.3 is 48.0 Å². The van der Waals surface area contributed by atoms with Crippen molar-refractivity contribution in [3.05, 3.63) is 0 Å². The minimum absolute atomic E-state index is 0. The Bertz CT molecular complexity index is 30.0. The molecule has 0 aromatic carbocycles. The molecule has 0 aliphatic carbocycles. The van der Waals surface area contributed by atoms with Gasteiger partial charge in [-0.15, -0.1) is 0 Å². The van der Waals surface area contributed by atoms with Gasteiger partial charge >= 0.3 is 38.6 Å². The summed E-state index contributed by atoms with van der Waals surface area (Å²) in [7, 11) is -4.61. The number of hydrogen-bond acceptors (Lipinski definition) is 4. The van der Waals surface area contributed by atoms with Crippen LogP contribution in [0.1, 0.15) is 1.43 Å². The Balaban J connectivity index is -0.00000000381. The Morgan fingerprint density at radius 3 is 0.636 bits per heavy atom. The van der Waals surface area contributed by atoms with Gasteiger partial charge in [0, 0.05) is 0 Å². The van der Waals surface area contributed by atoms with Crippen LogP contribution in [0, 0.1) is 0 Å². The van der Waals surface area contributed by atoms with Crippen LogP contribution in [-0.4, -0.2) is 55.6 Å². The standard InChI is InChI=1S/Na.H4O4Si.5H2O.H/c;1-5(2,3)4;;;;;;/h;1-4H;5*1H2;/q+1;;;;;;;-1. The largest absolute Gasteiger partial charge is 1.00 e. The molecule has 0 bridgehead atoms. The van der Waals surface area contributed by atoms with Crippen LogP contribution in [0.15, 0.2) is 0 Å². The van der Waals surface area contributed by atoms with E-state index in [1.807, 2.05) is 0 Å². The monoisotopic (exact) mass is 210 g/mol. The Morgan fingerprint density at radius 2 is 0.636 bits per heavy atom. The van der Waals surface area contributed by atoms with E-state index < -0.39 is 9.05 Å². The molecule has 0 saturated heterocycles. The molecule has 0 aliphatic rings. The van der Waals surface area contributed by atoms with E-state index in [1.165, 1.54) is 0 Å². The van der Waals surface area contributed by atoms with Gasteiger partial charge in [0.25, 0.3) is 0 Å². The summed E-state index contributed by atoms with van der Waals surface area (Å²) in [6, 6.07) is 0. The summed E-state index contributed by atoms with van der Waals surface area (Å²) in [4.78, 5) is 29.3. The van der Waals surface area contributed by atoms with Crippen LogP contribution in [0.3, 0.4) is 0 Å². The molecule has 74 valence electrons. The summed E-state index contributed by atoms with van der Waals surface area (Å²) in [6.45, 7) is 0. The zero-order valence-corrected chi connectivity index (χ0v) is 8.79. The third-order valence-electron chi connectivity index (χ3n) is 0. The summed E-state index contributed by atoms with van der Waals surface area (Å²) < 4.78 is 0. The molecule has 14 N–H and O–H groups in total. The maximum Gasteiger partial charge on any atom is 1.00 e. The van der Waals surface area contributed by atoms with Crippen molar-refractivity contribution in [2.45, 2.75) is 0 Å². The Labute approximate surface area is 86.7 Å². The summed E-state index contributed by atoms with van der Waals surface area (Å²) in [6.07, 6.45) is 0. The number of hydrogen-bond donors (Lipinski definition) is 4. The van der Waals surface area contributed by atoms with Gasteiger partial charge in [-0.25, -0.2) is 0 Å². The molecule has 9 nitrogen and oxygen atoms in total. The fourth-order valence-electron chi connectivity index (χ4n) is 0. The molecule has 0 spiro atoms. The first-order valence-corrected chi connectivity index (χ1v) is 2.68. The average Bonchev–Trinajstić information content (AvgIpc) is 0.722. The molecular formula is H15NaO9Si. The molecule has 0 amide bonds. The topological polar surface area (TPSA) is 238 Å². The Hall–Kier alpha value is 0.857. The quantitative estimate of drug-likeness (QED) is 0.284. The molecule has 0 unspecified atom stereocenters. The van der Waals surface area contributed by atoms with Crippen molar-refractivity contribution in [1.29, 1.82) is 0 Å². The van der Waals surface area contributed by atoms with Crippen LogP contribution >= 0.6 is 0 Å². The van der Waals surface area contributed by atoms with Gasteiger partial charge in [-0.1, -0.05) is 0 Å². The summed E-state index contributed by atoms with van der Waals surface area (Å²) >= 11 is 0. The van der Waals surface area contributed by atoms with Crippen molar-refractivity contribution in [3.63, 3.8) is 0 Å². The van der Waals surface area contributed by atoms with Gasteiger partial charge in [-0.3, -0.25) is 0 Å². The molecule has 0 rings (SSSR count). The van der Waals surface area contributed by atoms with Crippen molar-refractivity contribution in [3.8, 4) is 0 Å². The average molecular weight is 210 g/mol. The summed E-state index contributed by atoms with van der Waals surface area (Å²) in [5.74, 6) is 0. The van der Waals surface area contributed by atoms with Crippen LogP contribution < -0.4 is 29.6 Å². The first-order valence-electron chi connectivity index (χ1n) is 0.894. The van der Waals surface area contributed by atoms with Gasteiger partial charge in [0.1, 0.15) is 0 Å². The SMILES string of the molecule is O.O.O.O.O.O[Si](O)(O)O.[H-].[Na+]. The fourth-order valence-corrected chi connectivity index (χ4v) is 0. The second-order valence-electron chi connectivity index (χ2n) is 0.600. The van der Waals surface area contributed by atoms with E-state index in [0.717, 1.165) is 0 Å². The molecule has 0 fully saturated rings. The van der Waals surface area contributed by atoms with Gasteiger partial charge in [-0.2, -0.15) is 0 Å². The van der Waals surface area contributed by atoms with Crippen molar-refractivity contribution in [2.75, 3.05) is 0 Å². The summed E-state index contributed by atoms with van der Waals surface area (Å²) in [5, 5.41) is 0. The Kier molecular flexibility index (Phi) is 121. The Morgan fingerprint density at radius 1 is 0.636 bits per heavy atom. The minimum atomic E-state index is -4.61. The zero-order valence-electron chi connectivity index (χ0n) is 6.79. The van der Waals surface area contributed by atoms with E-state index >= 15 is 0 Å². The zero-order chi connectivity index (χ0) is 4.50. The third-order valence-corrected chi connectivity index (χ3v) is 0. The minimum Gasteiger partial charge on any atom is -1.00 e. The predicted molar refractivity (Wildman–Crippen MR) is 33.8 cm³/mol. The smallest absolute Gasteiger partial charge is 1.00 e. The van der Waals surface area contributed by atoms with Gasteiger partial charge in [-0.05, 0) is 0 Å². The van der Waals surface area contributed by atoms with Gasteiger partial charge in [0.2, 0.25) is 0 Å². The van der Waals surface area contributed by atoms with Crippen LogP contribution in [0.25, 0.3) is 0 Å². The maximum absolute atomic E-state index is 7.33. The number of rotatable bonds is 0. The normalized spacial score (nSPS) is 5.45. The first-order chi connectivity index (χ1) is 2.00. The molecule has 0 aliphatic heterocycles. The molecule has 11 heavy (non-hydrogen) atoms. The van der Waals surface area contributed by atoms with Crippen molar-refractivity contribution >= 4 is 9.05 Å². The molecule has 11 heteroatoms. The summed E-state index contributed by atoms with van der Waals surface area (Å²) in [5.41, 5.74) is 0. The van der Waals surface area contributed by atoms with Crippen LogP contribution in [0.2, 0.25) is 0 Å². The second kappa shape index (κ2) is 22.4. The second-order valence-corrected chi connectivity index (χ2v) is 1.80. The molecule has 0 aromatic heterocycles. The molecule has 0 atom stereocenters. The van der Waals surface area contributed by atoms with E-state index in [9.17, 15) is 0 Å². The van der Waals surface area contributed by atoms with Crippen LogP contribution in [-0.2, 0) is 0 Å². The van der Waals surface area contributed by atoms with Crippen molar-refractivity contribution in [1.82, 2.24) is 0 Å². The van der Waals surface area contributed by atoms with Crippen molar-refractivity contribution < 1.29 is 77.5 Å².